The summed E-state index contributed by atoms with van der Waals surface area (Å²) in [5, 5.41) is 3.49. The fraction of sp³-hybridized carbons (Fsp3) is 0.571. The van der Waals surface area contributed by atoms with Crippen molar-refractivity contribution in [2.75, 3.05) is 25.0 Å². The summed E-state index contributed by atoms with van der Waals surface area (Å²) in [6.07, 6.45) is 1.17. The van der Waals surface area contributed by atoms with E-state index in [1.54, 1.807) is 0 Å². The van der Waals surface area contributed by atoms with Crippen molar-refractivity contribution in [3.05, 3.63) is 29.8 Å². The van der Waals surface area contributed by atoms with Gasteiger partial charge in [0.05, 0.1) is 0 Å². The van der Waals surface area contributed by atoms with Crippen LogP contribution in [0.15, 0.2) is 24.3 Å². The summed E-state index contributed by atoms with van der Waals surface area (Å²) in [5.74, 6) is 0. The van der Waals surface area contributed by atoms with Crippen LogP contribution in [0.25, 0.3) is 0 Å². The van der Waals surface area contributed by atoms with Crippen molar-refractivity contribution < 1.29 is 0 Å². The Kier molecular flexibility index (Phi) is 5.94. The van der Waals surface area contributed by atoms with Gasteiger partial charge in [0, 0.05) is 18.8 Å². The molecule has 90 valence electrons. The Morgan fingerprint density at radius 3 is 2.38 bits per heavy atom. The van der Waals surface area contributed by atoms with Gasteiger partial charge in [-0.1, -0.05) is 39.0 Å². The summed E-state index contributed by atoms with van der Waals surface area (Å²) >= 11 is 0. The lowest BCUT2D eigenvalue weighted by atomic mass is 10.1. The van der Waals surface area contributed by atoms with Crippen LogP contribution in [0.5, 0.6) is 0 Å². The van der Waals surface area contributed by atoms with Crippen LogP contribution in [0.2, 0.25) is 0 Å². The van der Waals surface area contributed by atoms with Crippen LogP contribution >= 0.6 is 0 Å². The monoisotopic (exact) mass is 220 g/mol. The maximum atomic E-state index is 3.49. The van der Waals surface area contributed by atoms with Gasteiger partial charge in [0.1, 0.15) is 0 Å². The molecule has 1 rings (SSSR count). The zero-order valence-corrected chi connectivity index (χ0v) is 10.8. The summed E-state index contributed by atoms with van der Waals surface area (Å²) in [5.41, 5.74) is 2.69. The average molecular weight is 220 g/mol. The normalized spacial score (nSPS) is 10.8. The molecule has 0 heterocycles. The number of nitrogens with one attached hydrogen (secondary N) is 1. The topological polar surface area (TPSA) is 15.3 Å². The molecule has 0 bridgehead atoms. The molecule has 2 heteroatoms. The molecule has 0 aromatic heterocycles. The molecule has 16 heavy (non-hydrogen) atoms. The third-order valence-corrected chi connectivity index (χ3v) is 2.87. The lowest BCUT2D eigenvalue weighted by Gasteiger charge is -2.20. The Labute approximate surface area is 99.7 Å². The smallest absolute Gasteiger partial charge is 0.0385 e. The fourth-order valence-corrected chi connectivity index (χ4v) is 1.78. The lowest BCUT2D eigenvalue weighted by molar-refractivity contribution is 0.296. The van der Waals surface area contributed by atoms with Gasteiger partial charge in [-0.2, -0.15) is 0 Å². The average Bonchev–Trinajstić information content (AvgIpc) is 2.34. The molecule has 0 spiro atoms. The number of hydrogen-bond acceptors (Lipinski definition) is 2. The Morgan fingerprint density at radius 1 is 1.06 bits per heavy atom. The van der Waals surface area contributed by atoms with E-state index in [0.717, 1.165) is 26.2 Å². The highest BCUT2D eigenvalue weighted by Gasteiger charge is 2.04. The van der Waals surface area contributed by atoms with Gasteiger partial charge in [0.15, 0.2) is 0 Å². The number of rotatable bonds is 7. The molecule has 0 saturated carbocycles. The van der Waals surface area contributed by atoms with E-state index >= 15 is 0 Å². The quantitative estimate of drug-likeness (QED) is 0.758. The first-order valence-corrected chi connectivity index (χ1v) is 6.35. The van der Waals surface area contributed by atoms with Gasteiger partial charge in [-0.25, -0.2) is 0 Å². The molecule has 1 aromatic rings. The minimum atomic E-state index is 1.04. The minimum Gasteiger partial charge on any atom is -0.385 e. The van der Waals surface area contributed by atoms with Crippen LogP contribution in [0, 0.1) is 0 Å². The van der Waals surface area contributed by atoms with Crippen molar-refractivity contribution in [1.29, 1.82) is 0 Å². The molecule has 2 nitrogen and oxygen atoms in total. The highest BCUT2D eigenvalue weighted by molar-refractivity contribution is 5.50. The molecule has 0 unspecified atom stereocenters. The zero-order chi connectivity index (χ0) is 11.8. The summed E-state index contributed by atoms with van der Waals surface area (Å²) in [7, 11) is 0. The van der Waals surface area contributed by atoms with E-state index in [9.17, 15) is 0 Å². The van der Waals surface area contributed by atoms with Crippen molar-refractivity contribution in [3.8, 4) is 0 Å². The first-order chi connectivity index (χ1) is 7.81. The van der Waals surface area contributed by atoms with Crippen molar-refractivity contribution >= 4 is 5.69 Å². The molecule has 1 N–H and O–H groups in total. The van der Waals surface area contributed by atoms with Gasteiger partial charge >= 0.3 is 0 Å². The number of hydrogen-bond donors (Lipinski definition) is 1. The van der Waals surface area contributed by atoms with Crippen molar-refractivity contribution in [2.24, 2.45) is 0 Å². The molecule has 0 fully saturated rings. The van der Waals surface area contributed by atoms with Crippen LogP contribution in [0.1, 0.15) is 32.8 Å². The Balaban J connectivity index is 2.69. The van der Waals surface area contributed by atoms with Crippen molar-refractivity contribution in [2.45, 2.75) is 33.7 Å². The predicted molar refractivity (Wildman–Crippen MR) is 71.8 cm³/mol. The SMILES string of the molecule is CCCNc1ccccc1CN(CC)CC. The van der Waals surface area contributed by atoms with Crippen LogP contribution < -0.4 is 5.32 Å². The van der Waals surface area contributed by atoms with Gasteiger partial charge < -0.3 is 5.32 Å². The number of nitrogens with zero attached hydrogens (tertiary/aromatic N) is 1. The Bertz CT molecular complexity index is 293. The molecular weight excluding hydrogens is 196 g/mol. The van der Waals surface area contributed by atoms with E-state index in [0.29, 0.717) is 0 Å². The molecule has 0 aliphatic rings. The van der Waals surface area contributed by atoms with Crippen molar-refractivity contribution in [1.82, 2.24) is 4.90 Å². The minimum absolute atomic E-state index is 1.04. The molecular formula is C14H24N2. The molecule has 0 aliphatic carbocycles. The first-order valence-electron chi connectivity index (χ1n) is 6.35. The maximum Gasteiger partial charge on any atom is 0.0385 e. The van der Waals surface area contributed by atoms with Crippen LogP contribution in [-0.2, 0) is 6.54 Å². The van der Waals surface area contributed by atoms with Gasteiger partial charge in [-0.05, 0) is 31.1 Å². The number of benzene rings is 1. The standard InChI is InChI=1S/C14H24N2/c1-4-11-15-14-10-8-7-9-13(14)12-16(5-2)6-3/h7-10,15H,4-6,11-12H2,1-3H3. The second kappa shape index (κ2) is 7.29. The van der Waals surface area contributed by atoms with E-state index in [-0.39, 0.29) is 0 Å². The number of para-hydroxylation sites is 1. The van der Waals surface area contributed by atoms with Gasteiger partial charge in [0.2, 0.25) is 0 Å². The highest BCUT2D eigenvalue weighted by atomic mass is 15.1. The van der Waals surface area contributed by atoms with Gasteiger partial charge in [-0.15, -0.1) is 0 Å². The second-order valence-corrected chi connectivity index (χ2v) is 4.05. The molecule has 0 aliphatic heterocycles. The van der Waals surface area contributed by atoms with E-state index in [1.807, 2.05) is 0 Å². The highest BCUT2D eigenvalue weighted by Crippen LogP contribution is 2.16. The summed E-state index contributed by atoms with van der Waals surface area (Å²) < 4.78 is 0. The van der Waals surface area contributed by atoms with Crippen LogP contribution in [0.3, 0.4) is 0 Å². The van der Waals surface area contributed by atoms with E-state index in [2.05, 4.69) is 55.3 Å². The van der Waals surface area contributed by atoms with E-state index in [1.165, 1.54) is 17.7 Å². The third-order valence-electron chi connectivity index (χ3n) is 2.87. The Morgan fingerprint density at radius 2 is 1.75 bits per heavy atom. The van der Waals surface area contributed by atoms with Gasteiger partial charge in [-0.3, -0.25) is 4.90 Å². The first kappa shape index (κ1) is 13.0. The molecule has 0 radical (unpaired) electrons. The summed E-state index contributed by atoms with van der Waals surface area (Å²) in [6.45, 7) is 10.9. The summed E-state index contributed by atoms with van der Waals surface area (Å²) in [4.78, 5) is 2.44. The van der Waals surface area contributed by atoms with E-state index < -0.39 is 0 Å². The van der Waals surface area contributed by atoms with E-state index in [4.69, 9.17) is 0 Å². The second-order valence-electron chi connectivity index (χ2n) is 4.05. The molecule has 1 aromatic carbocycles. The molecule has 0 saturated heterocycles. The largest absolute Gasteiger partial charge is 0.385 e. The van der Waals surface area contributed by atoms with Gasteiger partial charge in [0.25, 0.3) is 0 Å². The molecule has 0 amide bonds. The van der Waals surface area contributed by atoms with Crippen LogP contribution in [0.4, 0.5) is 5.69 Å². The third kappa shape index (κ3) is 3.86. The fourth-order valence-electron chi connectivity index (χ4n) is 1.78. The zero-order valence-electron chi connectivity index (χ0n) is 10.8. The number of anilines is 1. The lowest BCUT2D eigenvalue weighted by Crippen LogP contribution is -2.22. The maximum absolute atomic E-state index is 3.49. The predicted octanol–water partition coefficient (Wildman–Crippen LogP) is 3.35. The Hall–Kier alpha value is -1.02. The van der Waals surface area contributed by atoms with Crippen molar-refractivity contribution in [3.63, 3.8) is 0 Å². The molecule has 0 atom stereocenters. The van der Waals surface area contributed by atoms with Crippen LogP contribution in [-0.4, -0.2) is 24.5 Å². The summed E-state index contributed by atoms with van der Waals surface area (Å²) in [6, 6.07) is 8.62.